The fourth-order valence-corrected chi connectivity index (χ4v) is 3.30. The van der Waals surface area contributed by atoms with E-state index in [4.69, 9.17) is 9.47 Å². The van der Waals surface area contributed by atoms with Crippen molar-refractivity contribution in [1.82, 2.24) is 4.90 Å². The number of nitrogens with zero attached hydrogens (tertiary/aromatic N) is 1. The van der Waals surface area contributed by atoms with Crippen molar-refractivity contribution in [1.29, 1.82) is 0 Å². The van der Waals surface area contributed by atoms with E-state index in [2.05, 4.69) is 17.0 Å². The van der Waals surface area contributed by atoms with Crippen LogP contribution in [-0.2, 0) is 0 Å². The largest absolute Gasteiger partial charge is 0.497 e. The summed E-state index contributed by atoms with van der Waals surface area (Å²) in [5, 5.41) is 10.3. The van der Waals surface area contributed by atoms with Gasteiger partial charge in [0.25, 0.3) is 0 Å². The molecule has 4 nitrogen and oxygen atoms in total. The third-order valence-electron chi connectivity index (χ3n) is 4.47. The minimum absolute atomic E-state index is 0.311. The molecule has 0 radical (unpaired) electrons. The van der Waals surface area contributed by atoms with Crippen LogP contribution >= 0.6 is 0 Å². The summed E-state index contributed by atoms with van der Waals surface area (Å²) in [6.45, 7) is 1.93. The van der Waals surface area contributed by atoms with Gasteiger partial charge in [0, 0.05) is 12.6 Å². The summed E-state index contributed by atoms with van der Waals surface area (Å²) < 4.78 is 11.0. The maximum Gasteiger partial charge on any atom is 0.119 e. The van der Waals surface area contributed by atoms with Gasteiger partial charge in [-0.05, 0) is 49.2 Å². The van der Waals surface area contributed by atoms with Crippen molar-refractivity contribution < 1.29 is 14.6 Å². The van der Waals surface area contributed by atoms with Crippen molar-refractivity contribution in [3.05, 3.63) is 60.2 Å². The van der Waals surface area contributed by atoms with E-state index < -0.39 is 6.10 Å². The molecule has 1 fully saturated rings. The van der Waals surface area contributed by atoms with Crippen LogP contribution in [-0.4, -0.2) is 42.9 Å². The highest BCUT2D eigenvalue weighted by Gasteiger charge is 2.27. The zero-order valence-electron chi connectivity index (χ0n) is 14.1. The number of aliphatic hydroxyl groups is 1. The van der Waals surface area contributed by atoms with E-state index in [0.29, 0.717) is 19.2 Å². The van der Waals surface area contributed by atoms with Gasteiger partial charge in [0.15, 0.2) is 0 Å². The predicted octanol–water partition coefficient (Wildman–Crippen LogP) is 3.27. The molecule has 1 saturated heterocycles. The molecule has 0 spiro atoms. The lowest BCUT2D eigenvalue weighted by molar-refractivity contribution is 0.0638. The molecule has 24 heavy (non-hydrogen) atoms. The SMILES string of the molecule is COc1cccc(C2CCCN2CC(O)COc2ccccc2)c1. The molecule has 4 heteroatoms. The molecule has 0 amide bonds. The molecule has 2 aromatic rings. The number of likely N-dealkylation sites (tertiary alicyclic amines) is 1. The summed E-state index contributed by atoms with van der Waals surface area (Å²) in [4.78, 5) is 2.34. The average Bonchev–Trinajstić information content (AvgIpc) is 3.09. The van der Waals surface area contributed by atoms with Crippen molar-refractivity contribution in [2.24, 2.45) is 0 Å². The highest BCUT2D eigenvalue weighted by Crippen LogP contribution is 2.33. The van der Waals surface area contributed by atoms with Gasteiger partial charge in [0.05, 0.1) is 7.11 Å². The van der Waals surface area contributed by atoms with Crippen LogP contribution in [0.4, 0.5) is 0 Å². The van der Waals surface area contributed by atoms with E-state index in [1.807, 2.05) is 42.5 Å². The summed E-state index contributed by atoms with van der Waals surface area (Å²) in [7, 11) is 1.69. The van der Waals surface area contributed by atoms with Gasteiger partial charge in [-0.15, -0.1) is 0 Å². The van der Waals surface area contributed by atoms with Crippen molar-refractivity contribution in [3.63, 3.8) is 0 Å². The van der Waals surface area contributed by atoms with Crippen LogP contribution in [0.2, 0.25) is 0 Å². The fourth-order valence-electron chi connectivity index (χ4n) is 3.30. The standard InChI is InChI=1S/C20H25NO3/c1-23-19-10-5-7-16(13-19)20-11-6-12-21(20)14-17(22)15-24-18-8-3-2-4-9-18/h2-5,7-10,13,17,20,22H,6,11-12,14-15H2,1H3. The summed E-state index contributed by atoms with van der Waals surface area (Å²) in [6.07, 6.45) is 1.75. The second-order valence-electron chi connectivity index (χ2n) is 6.21. The number of rotatable bonds is 7. The third kappa shape index (κ3) is 4.28. The van der Waals surface area contributed by atoms with Crippen molar-refractivity contribution in [3.8, 4) is 11.5 Å². The maximum atomic E-state index is 10.3. The molecule has 128 valence electrons. The Hall–Kier alpha value is -2.04. The predicted molar refractivity (Wildman–Crippen MR) is 94.5 cm³/mol. The first-order valence-corrected chi connectivity index (χ1v) is 8.50. The van der Waals surface area contributed by atoms with E-state index in [0.717, 1.165) is 30.9 Å². The Bertz CT molecular complexity index is 632. The van der Waals surface area contributed by atoms with Gasteiger partial charge in [-0.2, -0.15) is 0 Å². The molecule has 2 atom stereocenters. The van der Waals surface area contributed by atoms with E-state index in [1.165, 1.54) is 5.56 Å². The highest BCUT2D eigenvalue weighted by atomic mass is 16.5. The van der Waals surface area contributed by atoms with Gasteiger partial charge in [-0.1, -0.05) is 30.3 Å². The molecule has 2 aromatic carbocycles. The first-order valence-electron chi connectivity index (χ1n) is 8.50. The first kappa shape index (κ1) is 16.8. The Labute approximate surface area is 143 Å². The van der Waals surface area contributed by atoms with Gasteiger partial charge >= 0.3 is 0 Å². The van der Waals surface area contributed by atoms with Crippen LogP contribution in [0.1, 0.15) is 24.4 Å². The summed E-state index contributed by atoms with van der Waals surface area (Å²) in [5.74, 6) is 1.68. The lowest BCUT2D eigenvalue weighted by Gasteiger charge is -2.27. The number of hydrogen-bond acceptors (Lipinski definition) is 4. The van der Waals surface area contributed by atoms with Gasteiger partial charge in [-0.25, -0.2) is 0 Å². The van der Waals surface area contributed by atoms with E-state index >= 15 is 0 Å². The fraction of sp³-hybridized carbons (Fsp3) is 0.400. The van der Waals surface area contributed by atoms with Crippen LogP contribution in [0.25, 0.3) is 0 Å². The number of aliphatic hydroxyl groups excluding tert-OH is 1. The quantitative estimate of drug-likeness (QED) is 0.847. The Morgan fingerprint density at radius 1 is 1.12 bits per heavy atom. The summed E-state index contributed by atoms with van der Waals surface area (Å²) in [5.41, 5.74) is 1.25. The first-order chi connectivity index (χ1) is 11.8. The Balaban J connectivity index is 1.57. The molecule has 1 heterocycles. The molecule has 0 aliphatic carbocycles. The number of para-hydroxylation sites is 1. The molecule has 1 aliphatic heterocycles. The summed E-state index contributed by atoms with van der Waals surface area (Å²) in [6, 6.07) is 18.2. The minimum Gasteiger partial charge on any atom is -0.497 e. The van der Waals surface area contributed by atoms with Gasteiger partial charge in [0.2, 0.25) is 0 Å². The maximum absolute atomic E-state index is 10.3. The molecule has 2 unspecified atom stereocenters. The van der Waals surface area contributed by atoms with Crippen molar-refractivity contribution in [2.45, 2.75) is 25.0 Å². The minimum atomic E-state index is -0.503. The van der Waals surface area contributed by atoms with E-state index in [-0.39, 0.29) is 0 Å². The molecular formula is C20H25NO3. The van der Waals surface area contributed by atoms with Crippen LogP contribution in [0.5, 0.6) is 11.5 Å². The van der Waals surface area contributed by atoms with E-state index in [1.54, 1.807) is 7.11 Å². The van der Waals surface area contributed by atoms with Gasteiger partial charge in [-0.3, -0.25) is 4.90 Å². The average molecular weight is 327 g/mol. The summed E-state index contributed by atoms with van der Waals surface area (Å²) >= 11 is 0. The second-order valence-corrected chi connectivity index (χ2v) is 6.21. The zero-order chi connectivity index (χ0) is 16.8. The molecule has 0 saturated carbocycles. The number of benzene rings is 2. The Kier molecular flexibility index (Phi) is 5.72. The molecular weight excluding hydrogens is 302 g/mol. The highest BCUT2D eigenvalue weighted by molar-refractivity contribution is 5.31. The molecule has 0 bridgehead atoms. The molecule has 1 aliphatic rings. The lowest BCUT2D eigenvalue weighted by Crippen LogP contribution is -2.35. The number of β-amino-alcohol motifs (C(OH)–C–C–N with tert-alkyl or cyclic N) is 1. The smallest absolute Gasteiger partial charge is 0.119 e. The zero-order valence-corrected chi connectivity index (χ0v) is 14.1. The normalized spacial score (nSPS) is 19.2. The topological polar surface area (TPSA) is 41.9 Å². The third-order valence-corrected chi connectivity index (χ3v) is 4.47. The number of ether oxygens (including phenoxy) is 2. The molecule has 3 rings (SSSR count). The van der Waals surface area contributed by atoms with Gasteiger partial charge < -0.3 is 14.6 Å². The Morgan fingerprint density at radius 3 is 2.71 bits per heavy atom. The van der Waals surface area contributed by atoms with E-state index in [9.17, 15) is 5.11 Å². The van der Waals surface area contributed by atoms with Crippen molar-refractivity contribution >= 4 is 0 Å². The van der Waals surface area contributed by atoms with Crippen LogP contribution in [0, 0.1) is 0 Å². The number of hydrogen-bond donors (Lipinski definition) is 1. The molecule has 0 aromatic heterocycles. The lowest BCUT2D eigenvalue weighted by atomic mass is 10.0. The number of methoxy groups -OCH3 is 1. The van der Waals surface area contributed by atoms with Crippen LogP contribution in [0.15, 0.2) is 54.6 Å². The van der Waals surface area contributed by atoms with Crippen LogP contribution in [0.3, 0.4) is 0 Å². The monoisotopic (exact) mass is 327 g/mol. The second kappa shape index (κ2) is 8.18. The van der Waals surface area contributed by atoms with Gasteiger partial charge in [0.1, 0.15) is 24.2 Å². The van der Waals surface area contributed by atoms with Crippen molar-refractivity contribution in [2.75, 3.05) is 26.8 Å². The van der Waals surface area contributed by atoms with Crippen LogP contribution < -0.4 is 9.47 Å². The Morgan fingerprint density at radius 2 is 1.92 bits per heavy atom. The molecule has 1 N–H and O–H groups in total.